The molecule has 1 aliphatic heterocycles. The molecule has 1 saturated heterocycles. The number of carbonyl (C=O) groups excluding carboxylic acids is 2. The van der Waals surface area contributed by atoms with E-state index >= 15 is 0 Å². The molecule has 6 heteroatoms. The molecule has 0 aromatic carbocycles. The summed E-state index contributed by atoms with van der Waals surface area (Å²) in [5, 5.41) is 2.81. The SMILES string of the molecule is CC(C)C1C(=O)NC(C)(C)C(=O)N1CCOCCN(C)C. The summed E-state index contributed by atoms with van der Waals surface area (Å²) in [5.41, 5.74) is -0.841. The molecule has 0 spiro atoms. The van der Waals surface area contributed by atoms with E-state index in [2.05, 4.69) is 5.32 Å². The highest BCUT2D eigenvalue weighted by Crippen LogP contribution is 2.22. The molecule has 6 nitrogen and oxygen atoms in total. The maximum atomic E-state index is 12.5. The Morgan fingerprint density at radius 2 is 1.90 bits per heavy atom. The first-order chi connectivity index (χ1) is 9.66. The van der Waals surface area contributed by atoms with E-state index in [1.165, 1.54) is 0 Å². The van der Waals surface area contributed by atoms with Crippen LogP contribution in [0.5, 0.6) is 0 Å². The maximum Gasteiger partial charge on any atom is 0.248 e. The molecule has 0 bridgehead atoms. The molecule has 1 aliphatic rings. The normalized spacial score (nSPS) is 22.1. The minimum absolute atomic E-state index is 0.0444. The molecule has 1 fully saturated rings. The van der Waals surface area contributed by atoms with Crippen LogP contribution in [0.1, 0.15) is 27.7 Å². The average Bonchev–Trinajstić information content (AvgIpc) is 2.33. The smallest absolute Gasteiger partial charge is 0.248 e. The lowest BCUT2D eigenvalue weighted by Gasteiger charge is -2.44. The minimum atomic E-state index is -0.841. The largest absolute Gasteiger partial charge is 0.378 e. The van der Waals surface area contributed by atoms with E-state index in [1.54, 1.807) is 18.7 Å². The first-order valence-corrected chi connectivity index (χ1v) is 7.52. The molecule has 0 aromatic rings. The van der Waals surface area contributed by atoms with E-state index in [4.69, 9.17) is 4.74 Å². The van der Waals surface area contributed by atoms with Crippen LogP contribution in [0.15, 0.2) is 0 Å². The lowest BCUT2D eigenvalue weighted by molar-refractivity contribution is -0.156. The predicted octanol–water partition coefficient (Wildman–Crippen LogP) is 0.326. The van der Waals surface area contributed by atoms with Crippen molar-refractivity contribution < 1.29 is 14.3 Å². The Labute approximate surface area is 127 Å². The van der Waals surface area contributed by atoms with Crippen molar-refractivity contribution in [2.24, 2.45) is 5.92 Å². The van der Waals surface area contributed by atoms with Gasteiger partial charge in [-0.1, -0.05) is 13.8 Å². The monoisotopic (exact) mass is 299 g/mol. The zero-order valence-corrected chi connectivity index (χ0v) is 14.1. The van der Waals surface area contributed by atoms with Gasteiger partial charge in [-0.25, -0.2) is 0 Å². The molecule has 0 saturated carbocycles. The van der Waals surface area contributed by atoms with Crippen molar-refractivity contribution in [3.63, 3.8) is 0 Å². The molecule has 0 aromatic heterocycles. The predicted molar refractivity (Wildman–Crippen MR) is 81.9 cm³/mol. The zero-order chi connectivity index (χ0) is 16.2. The van der Waals surface area contributed by atoms with Crippen LogP contribution >= 0.6 is 0 Å². The van der Waals surface area contributed by atoms with Gasteiger partial charge >= 0.3 is 0 Å². The van der Waals surface area contributed by atoms with E-state index in [9.17, 15) is 9.59 Å². The molecule has 1 unspecified atom stereocenters. The lowest BCUT2D eigenvalue weighted by atomic mass is 9.91. The fourth-order valence-corrected chi connectivity index (χ4v) is 2.48. The van der Waals surface area contributed by atoms with E-state index in [0.29, 0.717) is 19.8 Å². The van der Waals surface area contributed by atoms with Gasteiger partial charge in [0, 0.05) is 13.1 Å². The molecule has 0 radical (unpaired) electrons. The summed E-state index contributed by atoms with van der Waals surface area (Å²) in [6, 6.07) is -0.414. The number of hydrogen-bond donors (Lipinski definition) is 1. The van der Waals surface area contributed by atoms with Crippen LogP contribution in [0.3, 0.4) is 0 Å². The van der Waals surface area contributed by atoms with Gasteiger partial charge in [0.05, 0.1) is 13.2 Å². The van der Waals surface area contributed by atoms with Crippen LogP contribution in [-0.2, 0) is 14.3 Å². The Bertz CT molecular complexity index is 380. The number of piperazine rings is 1. The van der Waals surface area contributed by atoms with Crippen molar-refractivity contribution in [2.75, 3.05) is 40.4 Å². The summed E-state index contributed by atoms with van der Waals surface area (Å²) in [4.78, 5) is 28.5. The quantitative estimate of drug-likeness (QED) is 0.688. The van der Waals surface area contributed by atoms with Crippen LogP contribution in [0.4, 0.5) is 0 Å². The highest BCUT2D eigenvalue weighted by atomic mass is 16.5. The fraction of sp³-hybridized carbons (Fsp3) is 0.867. The number of nitrogens with zero attached hydrogens (tertiary/aromatic N) is 2. The first kappa shape index (κ1) is 17.9. The van der Waals surface area contributed by atoms with Crippen LogP contribution in [0.2, 0.25) is 0 Å². The molecule has 0 aliphatic carbocycles. The van der Waals surface area contributed by atoms with Crippen molar-refractivity contribution in [3.05, 3.63) is 0 Å². The highest BCUT2D eigenvalue weighted by molar-refractivity contribution is 5.99. The molecule has 122 valence electrons. The van der Waals surface area contributed by atoms with Gasteiger partial charge in [0.15, 0.2) is 0 Å². The summed E-state index contributed by atoms with van der Waals surface area (Å²) >= 11 is 0. The number of ether oxygens (including phenoxy) is 1. The second kappa shape index (κ2) is 7.22. The molecular weight excluding hydrogens is 270 g/mol. The standard InChI is InChI=1S/C15H29N3O3/c1-11(2)12-13(19)16-15(3,4)14(20)18(12)8-10-21-9-7-17(5)6/h11-12H,7-10H2,1-6H3,(H,16,19). The average molecular weight is 299 g/mol. The van der Waals surface area contributed by atoms with E-state index < -0.39 is 11.6 Å². The van der Waals surface area contributed by atoms with Gasteiger partial charge in [0.25, 0.3) is 0 Å². The number of nitrogens with one attached hydrogen (secondary N) is 1. The summed E-state index contributed by atoms with van der Waals surface area (Å²) < 4.78 is 5.56. The van der Waals surface area contributed by atoms with E-state index in [0.717, 1.165) is 6.54 Å². The number of carbonyl (C=O) groups is 2. The van der Waals surface area contributed by atoms with E-state index in [1.807, 2.05) is 32.8 Å². The van der Waals surface area contributed by atoms with Gasteiger partial charge in [0.1, 0.15) is 11.6 Å². The second-order valence-electron chi connectivity index (χ2n) is 6.72. The molecule has 1 rings (SSSR count). The summed E-state index contributed by atoms with van der Waals surface area (Å²) in [6.45, 7) is 9.75. The number of amides is 2. The molecule has 2 amide bonds. The van der Waals surface area contributed by atoms with Gasteiger partial charge in [-0.15, -0.1) is 0 Å². The molecule has 1 heterocycles. The Morgan fingerprint density at radius 3 is 2.43 bits per heavy atom. The Morgan fingerprint density at radius 1 is 1.29 bits per heavy atom. The van der Waals surface area contributed by atoms with Gasteiger partial charge in [0.2, 0.25) is 11.8 Å². The topological polar surface area (TPSA) is 61.9 Å². The third-order valence-corrected chi connectivity index (χ3v) is 3.63. The van der Waals surface area contributed by atoms with Crippen molar-refractivity contribution in [1.29, 1.82) is 0 Å². The van der Waals surface area contributed by atoms with E-state index in [-0.39, 0.29) is 17.7 Å². The maximum absolute atomic E-state index is 12.5. The first-order valence-electron chi connectivity index (χ1n) is 7.52. The number of rotatable bonds is 7. The highest BCUT2D eigenvalue weighted by Gasteiger charge is 2.45. The van der Waals surface area contributed by atoms with Crippen molar-refractivity contribution >= 4 is 11.8 Å². The van der Waals surface area contributed by atoms with Gasteiger partial charge in [-0.05, 0) is 33.9 Å². The van der Waals surface area contributed by atoms with Crippen LogP contribution < -0.4 is 5.32 Å². The van der Waals surface area contributed by atoms with Crippen molar-refractivity contribution in [1.82, 2.24) is 15.1 Å². The fourth-order valence-electron chi connectivity index (χ4n) is 2.48. The van der Waals surface area contributed by atoms with Gasteiger partial charge < -0.3 is 19.9 Å². The second-order valence-corrected chi connectivity index (χ2v) is 6.72. The molecule has 21 heavy (non-hydrogen) atoms. The van der Waals surface area contributed by atoms with Crippen LogP contribution in [0.25, 0.3) is 0 Å². The molecule has 1 atom stereocenters. The van der Waals surface area contributed by atoms with Crippen molar-refractivity contribution in [2.45, 2.75) is 39.3 Å². The molecule has 1 N–H and O–H groups in total. The third kappa shape index (κ3) is 4.68. The number of likely N-dealkylation sites (N-methyl/N-ethyl adjacent to an activating group) is 1. The molecular formula is C15H29N3O3. The van der Waals surface area contributed by atoms with Crippen LogP contribution in [0, 0.1) is 5.92 Å². The Kier molecular flexibility index (Phi) is 6.16. The van der Waals surface area contributed by atoms with Crippen molar-refractivity contribution in [3.8, 4) is 0 Å². The van der Waals surface area contributed by atoms with Gasteiger partial charge in [-0.2, -0.15) is 0 Å². The lowest BCUT2D eigenvalue weighted by Crippen LogP contribution is -2.69. The minimum Gasteiger partial charge on any atom is -0.378 e. The Hall–Kier alpha value is -1.14. The zero-order valence-electron chi connectivity index (χ0n) is 14.1. The Balaban J connectivity index is 2.64. The summed E-state index contributed by atoms with van der Waals surface area (Å²) in [7, 11) is 3.97. The summed E-state index contributed by atoms with van der Waals surface area (Å²) in [5.74, 6) is -0.0493. The van der Waals surface area contributed by atoms with Crippen LogP contribution in [-0.4, -0.2) is 73.6 Å². The van der Waals surface area contributed by atoms with Gasteiger partial charge in [-0.3, -0.25) is 9.59 Å². The number of hydrogen-bond acceptors (Lipinski definition) is 4. The summed E-state index contributed by atoms with van der Waals surface area (Å²) in [6.07, 6.45) is 0. The third-order valence-electron chi connectivity index (χ3n) is 3.63.